The Hall–Kier alpha value is -1.71. The Balaban J connectivity index is 2.38. The van der Waals surface area contributed by atoms with Crippen molar-refractivity contribution in [2.24, 2.45) is 0 Å². The lowest BCUT2D eigenvalue weighted by Crippen LogP contribution is -2.19. The zero-order valence-electron chi connectivity index (χ0n) is 8.67. The van der Waals surface area contributed by atoms with Gasteiger partial charge in [-0.05, 0) is 25.0 Å². The van der Waals surface area contributed by atoms with Crippen LogP contribution in [-0.2, 0) is 11.2 Å². The van der Waals surface area contributed by atoms with E-state index in [0.29, 0.717) is 24.5 Å². The number of aryl methyl sites for hydroxylation is 1. The van der Waals surface area contributed by atoms with Crippen molar-refractivity contribution in [1.29, 1.82) is 0 Å². The zero-order chi connectivity index (χ0) is 10.8. The molecule has 15 heavy (non-hydrogen) atoms. The number of nitrogens with one attached hydrogen (secondary N) is 1. The fourth-order valence-corrected chi connectivity index (χ4v) is 1.71. The van der Waals surface area contributed by atoms with Crippen molar-refractivity contribution in [2.45, 2.75) is 19.8 Å². The van der Waals surface area contributed by atoms with Crippen molar-refractivity contribution < 1.29 is 9.53 Å². The molecule has 1 heterocycles. The van der Waals surface area contributed by atoms with Crippen molar-refractivity contribution in [3.8, 4) is 5.75 Å². The highest BCUT2D eigenvalue weighted by atomic mass is 16.5. The number of benzene rings is 1. The number of carbonyl (C=O) groups is 1. The van der Waals surface area contributed by atoms with Crippen LogP contribution in [0.5, 0.6) is 5.75 Å². The molecule has 1 aliphatic rings. The quantitative estimate of drug-likeness (QED) is 0.721. The van der Waals surface area contributed by atoms with E-state index < -0.39 is 0 Å². The number of nitrogens with two attached hydrogens (primary N) is 1. The summed E-state index contributed by atoms with van der Waals surface area (Å²) in [4.78, 5) is 11.2. The fraction of sp³-hybridized carbons (Fsp3) is 0.364. The Morgan fingerprint density at radius 1 is 1.47 bits per heavy atom. The smallest absolute Gasteiger partial charge is 0.224 e. The summed E-state index contributed by atoms with van der Waals surface area (Å²) in [5.74, 6) is 0.688. The Kier molecular flexibility index (Phi) is 2.49. The van der Waals surface area contributed by atoms with Crippen LogP contribution < -0.4 is 15.8 Å². The summed E-state index contributed by atoms with van der Waals surface area (Å²) in [6, 6.07) is 3.67. The molecule has 1 aromatic carbocycles. The van der Waals surface area contributed by atoms with Gasteiger partial charge >= 0.3 is 0 Å². The number of hydrogen-bond acceptors (Lipinski definition) is 3. The van der Waals surface area contributed by atoms with Crippen LogP contribution in [0.15, 0.2) is 12.1 Å². The van der Waals surface area contributed by atoms with E-state index in [9.17, 15) is 4.79 Å². The molecular weight excluding hydrogens is 192 g/mol. The van der Waals surface area contributed by atoms with E-state index in [0.717, 1.165) is 17.7 Å². The SMILES string of the molecule is CCOc1cc2c(cc1N)CCC(=O)N2. The molecular formula is C11H14N2O2. The van der Waals surface area contributed by atoms with Crippen LogP contribution in [0.25, 0.3) is 0 Å². The lowest BCUT2D eigenvalue weighted by Gasteiger charge is -2.19. The highest BCUT2D eigenvalue weighted by molar-refractivity contribution is 5.94. The maximum Gasteiger partial charge on any atom is 0.224 e. The Bertz CT molecular complexity index is 402. The van der Waals surface area contributed by atoms with Gasteiger partial charge in [0.05, 0.1) is 12.3 Å². The maximum absolute atomic E-state index is 11.2. The van der Waals surface area contributed by atoms with Crippen molar-refractivity contribution >= 4 is 17.3 Å². The van der Waals surface area contributed by atoms with E-state index in [2.05, 4.69) is 5.32 Å². The average molecular weight is 206 g/mol. The molecule has 0 spiro atoms. The van der Waals surface area contributed by atoms with Gasteiger partial charge in [0.1, 0.15) is 5.75 Å². The molecule has 0 saturated carbocycles. The molecule has 0 atom stereocenters. The molecule has 0 bridgehead atoms. The van der Waals surface area contributed by atoms with E-state index in [4.69, 9.17) is 10.5 Å². The average Bonchev–Trinajstić information content (AvgIpc) is 2.20. The second-order valence-electron chi connectivity index (χ2n) is 3.53. The van der Waals surface area contributed by atoms with E-state index >= 15 is 0 Å². The minimum atomic E-state index is 0.0507. The molecule has 0 saturated heterocycles. The second-order valence-corrected chi connectivity index (χ2v) is 3.53. The van der Waals surface area contributed by atoms with Gasteiger partial charge in [-0.1, -0.05) is 0 Å². The predicted octanol–water partition coefficient (Wildman–Crippen LogP) is 1.55. The zero-order valence-corrected chi connectivity index (χ0v) is 8.67. The van der Waals surface area contributed by atoms with Crippen LogP contribution in [0.4, 0.5) is 11.4 Å². The number of nitrogen functional groups attached to an aromatic ring is 1. The number of ether oxygens (including phenoxy) is 1. The lowest BCUT2D eigenvalue weighted by atomic mass is 10.0. The molecule has 1 aromatic rings. The molecule has 1 amide bonds. The van der Waals surface area contributed by atoms with Crippen molar-refractivity contribution in [2.75, 3.05) is 17.7 Å². The number of carbonyl (C=O) groups excluding carboxylic acids is 1. The van der Waals surface area contributed by atoms with Gasteiger partial charge in [0.2, 0.25) is 5.91 Å². The molecule has 80 valence electrons. The van der Waals surface area contributed by atoms with Gasteiger partial charge in [-0.15, -0.1) is 0 Å². The summed E-state index contributed by atoms with van der Waals surface area (Å²) in [7, 11) is 0. The lowest BCUT2D eigenvalue weighted by molar-refractivity contribution is -0.116. The summed E-state index contributed by atoms with van der Waals surface area (Å²) in [5, 5.41) is 2.81. The van der Waals surface area contributed by atoms with Crippen LogP contribution in [0, 0.1) is 0 Å². The summed E-state index contributed by atoms with van der Waals surface area (Å²) in [5.41, 5.74) is 8.36. The highest BCUT2D eigenvalue weighted by Gasteiger charge is 2.16. The first-order valence-corrected chi connectivity index (χ1v) is 5.05. The number of anilines is 2. The molecule has 0 fully saturated rings. The molecule has 0 aromatic heterocycles. The van der Waals surface area contributed by atoms with Gasteiger partial charge in [-0.3, -0.25) is 4.79 Å². The number of rotatable bonds is 2. The Morgan fingerprint density at radius 2 is 2.27 bits per heavy atom. The van der Waals surface area contributed by atoms with Crippen LogP contribution in [0.2, 0.25) is 0 Å². The third kappa shape index (κ3) is 1.88. The molecule has 4 heteroatoms. The number of fused-ring (bicyclic) bond motifs is 1. The van der Waals surface area contributed by atoms with Gasteiger partial charge in [0, 0.05) is 18.2 Å². The number of amides is 1. The van der Waals surface area contributed by atoms with Gasteiger partial charge in [0.25, 0.3) is 0 Å². The van der Waals surface area contributed by atoms with Crippen LogP contribution in [0.3, 0.4) is 0 Å². The van der Waals surface area contributed by atoms with Gasteiger partial charge in [0.15, 0.2) is 0 Å². The largest absolute Gasteiger partial charge is 0.492 e. The van der Waals surface area contributed by atoms with Gasteiger partial charge in [-0.2, -0.15) is 0 Å². The normalized spacial score (nSPS) is 14.3. The molecule has 0 unspecified atom stereocenters. The first kappa shape index (κ1) is 9.83. The fourth-order valence-electron chi connectivity index (χ4n) is 1.71. The van der Waals surface area contributed by atoms with E-state index in [1.165, 1.54) is 0 Å². The second kappa shape index (κ2) is 3.81. The summed E-state index contributed by atoms with van der Waals surface area (Å²) >= 11 is 0. The number of hydrogen-bond donors (Lipinski definition) is 2. The molecule has 3 N–H and O–H groups in total. The Labute approximate surface area is 88.4 Å². The van der Waals surface area contributed by atoms with Crippen LogP contribution in [0.1, 0.15) is 18.9 Å². The summed E-state index contributed by atoms with van der Waals surface area (Å²) < 4.78 is 5.36. The molecule has 2 rings (SSSR count). The molecule has 0 aliphatic carbocycles. The third-order valence-electron chi connectivity index (χ3n) is 2.43. The highest BCUT2D eigenvalue weighted by Crippen LogP contribution is 2.32. The van der Waals surface area contributed by atoms with Crippen LogP contribution >= 0.6 is 0 Å². The summed E-state index contributed by atoms with van der Waals surface area (Å²) in [6.07, 6.45) is 1.28. The van der Waals surface area contributed by atoms with E-state index in [1.54, 1.807) is 6.07 Å². The molecule has 1 aliphatic heterocycles. The van der Waals surface area contributed by atoms with Gasteiger partial charge in [-0.25, -0.2) is 0 Å². The van der Waals surface area contributed by atoms with E-state index in [1.807, 2.05) is 13.0 Å². The topological polar surface area (TPSA) is 64.3 Å². The predicted molar refractivity (Wildman–Crippen MR) is 59.0 cm³/mol. The van der Waals surface area contributed by atoms with Gasteiger partial charge < -0.3 is 15.8 Å². The minimum Gasteiger partial charge on any atom is -0.492 e. The standard InChI is InChI=1S/C11H14N2O2/c1-2-15-10-6-9-7(5-8(10)12)3-4-11(14)13-9/h5-6H,2-4,12H2,1H3,(H,13,14). The maximum atomic E-state index is 11.2. The first-order valence-electron chi connectivity index (χ1n) is 5.05. The molecule has 0 radical (unpaired) electrons. The van der Waals surface area contributed by atoms with E-state index in [-0.39, 0.29) is 5.91 Å². The van der Waals surface area contributed by atoms with Crippen molar-refractivity contribution in [3.05, 3.63) is 17.7 Å². The minimum absolute atomic E-state index is 0.0507. The Morgan fingerprint density at radius 3 is 3.00 bits per heavy atom. The first-order chi connectivity index (χ1) is 7.20. The monoisotopic (exact) mass is 206 g/mol. The van der Waals surface area contributed by atoms with Crippen LogP contribution in [-0.4, -0.2) is 12.5 Å². The van der Waals surface area contributed by atoms with Crippen molar-refractivity contribution in [3.63, 3.8) is 0 Å². The third-order valence-corrected chi connectivity index (χ3v) is 2.43. The van der Waals surface area contributed by atoms with Crippen molar-refractivity contribution in [1.82, 2.24) is 0 Å². The molecule has 4 nitrogen and oxygen atoms in total. The summed E-state index contributed by atoms with van der Waals surface area (Å²) in [6.45, 7) is 2.47.